The molecular formula is C29H31Cl4N3O4S. The molecule has 220 valence electrons. The van der Waals surface area contributed by atoms with Crippen molar-refractivity contribution in [2.75, 3.05) is 10.8 Å². The van der Waals surface area contributed by atoms with Crippen molar-refractivity contribution in [1.82, 2.24) is 10.2 Å². The summed E-state index contributed by atoms with van der Waals surface area (Å²) in [7, 11) is -4.28. The topological polar surface area (TPSA) is 86.8 Å². The Bertz CT molecular complexity index is 1480. The lowest BCUT2D eigenvalue weighted by Crippen LogP contribution is -2.52. The van der Waals surface area contributed by atoms with Crippen molar-refractivity contribution >= 4 is 73.9 Å². The number of carbonyl (C=O) groups is 2. The predicted octanol–water partition coefficient (Wildman–Crippen LogP) is 7.14. The Morgan fingerprint density at radius 1 is 0.902 bits per heavy atom. The highest BCUT2D eigenvalue weighted by molar-refractivity contribution is 7.92. The van der Waals surface area contributed by atoms with E-state index in [9.17, 15) is 18.0 Å². The molecule has 1 N–H and O–H groups in total. The maximum Gasteiger partial charge on any atom is 0.264 e. The number of sulfonamides is 1. The molecule has 2 atom stereocenters. The lowest BCUT2D eigenvalue weighted by Gasteiger charge is -2.33. The molecule has 0 spiro atoms. The van der Waals surface area contributed by atoms with Crippen molar-refractivity contribution in [2.45, 2.75) is 57.6 Å². The second-order valence-corrected chi connectivity index (χ2v) is 13.2. The zero-order valence-electron chi connectivity index (χ0n) is 23.0. The van der Waals surface area contributed by atoms with E-state index < -0.39 is 34.4 Å². The Morgan fingerprint density at radius 3 is 2.00 bits per heavy atom. The number of carbonyl (C=O) groups excluding carboxylic acids is 2. The van der Waals surface area contributed by atoms with Gasteiger partial charge >= 0.3 is 0 Å². The molecule has 0 bridgehead atoms. The van der Waals surface area contributed by atoms with Crippen molar-refractivity contribution in [3.05, 3.63) is 91.9 Å². The zero-order chi connectivity index (χ0) is 30.5. The molecule has 0 aliphatic carbocycles. The molecule has 2 amide bonds. The molecule has 0 saturated carbocycles. The van der Waals surface area contributed by atoms with Crippen LogP contribution < -0.4 is 9.62 Å². The number of rotatable bonds is 11. The average molecular weight is 659 g/mol. The molecule has 12 heteroatoms. The summed E-state index contributed by atoms with van der Waals surface area (Å²) in [5.74, 6) is -1.07. The van der Waals surface area contributed by atoms with Crippen LogP contribution in [0.2, 0.25) is 20.1 Å². The Balaban J connectivity index is 2.10. The van der Waals surface area contributed by atoms with E-state index in [4.69, 9.17) is 46.4 Å². The van der Waals surface area contributed by atoms with Gasteiger partial charge in [-0.05, 0) is 69.7 Å². The summed E-state index contributed by atoms with van der Waals surface area (Å²) in [6, 6.07) is 14.3. The van der Waals surface area contributed by atoms with Crippen molar-refractivity contribution in [3.8, 4) is 0 Å². The smallest absolute Gasteiger partial charge is 0.264 e. The highest BCUT2D eigenvalue weighted by Gasteiger charge is 2.33. The minimum atomic E-state index is -4.28. The monoisotopic (exact) mass is 657 g/mol. The van der Waals surface area contributed by atoms with Gasteiger partial charge in [0.25, 0.3) is 10.0 Å². The van der Waals surface area contributed by atoms with Crippen LogP contribution in [0.1, 0.15) is 38.3 Å². The third-order valence-electron chi connectivity index (χ3n) is 6.58. The summed E-state index contributed by atoms with van der Waals surface area (Å²) >= 11 is 25.3. The molecule has 0 aliphatic rings. The minimum Gasteiger partial charge on any atom is -0.352 e. The number of amides is 2. The first-order valence-electron chi connectivity index (χ1n) is 12.8. The summed E-state index contributed by atoms with van der Waals surface area (Å²) in [4.78, 5) is 28.4. The molecule has 0 aliphatic heterocycles. The number of aryl methyl sites for hydroxylation is 1. The highest BCUT2D eigenvalue weighted by atomic mass is 35.5. The molecule has 7 nitrogen and oxygen atoms in total. The van der Waals surface area contributed by atoms with Crippen LogP contribution in [0.5, 0.6) is 0 Å². The third-order valence-corrected chi connectivity index (χ3v) is 9.51. The fourth-order valence-corrected chi connectivity index (χ4v) is 6.38. The van der Waals surface area contributed by atoms with E-state index in [1.807, 2.05) is 20.8 Å². The van der Waals surface area contributed by atoms with Gasteiger partial charge in [-0.3, -0.25) is 13.9 Å². The van der Waals surface area contributed by atoms with Gasteiger partial charge in [-0.2, -0.15) is 0 Å². The summed E-state index contributed by atoms with van der Waals surface area (Å²) < 4.78 is 28.8. The molecule has 2 unspecified atom stereocenters. The Kier molecular flexibility index (Phi) is 11.4. The van der Waals surface area contributed by atoms with Gasteiger partial charge in [0.2, 0.25) is 11.8 Å². The van der Waals surface area contributed by atoms with Crippen LogP contribution in [0, 0.1) is 6.92 Å². The van der Waals surface area contributed by atoms with Gasteiger partial charge in [0, 0.05) is 38.2 Å². The van der Waals surface area contributed by atoms with Gasteiger partial charge in [-0.25, -0.2) is 8.42 Å². The summed E-state index contributed by atoms with van der Waals surface area (Å²) in [5, 5.41) is 3.85. The number of hydrogen-bond acceptors (Lipinski definition) is 4. The highest BCUT2D eigenvalue weighted by Crippen LogP contribution is 2.31. The standard InChI is InChI=1S/C29H31Cl4N3O4S/c1-5-19(3)34-29(38)20(4)35(16-25-26(32)7-6-8-27(25)33)28(37)17-36(23-14-21(30)13-22(31)15-23)41(39,40)24-11-9-18(2)10-12-24/h6-15,19-20H,5,16-17H2,1-4H3,(H,34,38). The van der Waals surface area contributed by atoms with Crippen molar-refractivity contribution in [2.24, 2.45) is 0 Å². The first kappa shape index (κ1) is 33.0. The predicted molar refractivity (Wildman–Crippen MR) is 167 cm³/mol. The van der Waals surface area contributed by atoms with Crippen molar-refractivity contribution in [3.63, 3.8) is 0 Å². The summed E-state index contributed by atoms with van der Waals surface area (Å²) in [5.41, 5.74) is 1.37. The second kappa shape index (κ2) is 14.1. The number of hydrogen-bond donors (Lipinski definition) is 1. The Labute approximate surface area is 261 Å². The minimum absolute atomic E-state index is 0.0322. The maximum absolute atomic E-state index is 14.0. The third kappa shape index (κ3) is 8.30. The van der Waals surface area contributed by atoms with E-state index in [0.717, 1.165) is 9.87 Å². The van der Waals surface area contributed by atoms with Crippen molar-refractivity contribution < 1.29 is 18.0 Å². The molecule has 3 rings (SSSR count). The number of anilines is 1. The quantitative estimate of drug-likeness (QED) is 0.237. The van der Waals surface area contributed by atoms with E-state index in [1.54, 1.807) is 37.3 Å². The molecule has 0 saturated heterocycles. The molecule has 0 radical (unpaired) electrons. The van der Waals surface area contributed by atoms with E-state index in [-0.39, 0.29) is 33.2 Å². The first-order valence-corrected chi connectivity index (χ1v) is 15.8. The average Bonchev–Trinajstić information content (AvgIpc) is 2.90. The molecule has 0 aromatic heterocycles. The molecule has 41 heavy (non-hydrogen) atoms. The number of nitrogens with zero attached hydrogens (tertiary/aromatic N) is 2. The van der Waals surface area contributed by atoms with Crippen LogP contribution in [0.15, 0.2) is 65.6 Å². The molecule has 3 aromatic rings. The van der Waals surface area contributed by atoms with Crippen LogP contribution in [0.3, 0.4) is 0 Å². The SMILES string of the molecule is CCC(C)NC(=O)C(C)N(Cc1c(Cl)cccc1Cl)C(=O)CN(c1cc(Cl)cc(Cl)c1)S(=O)(=O)c1ccc(C)cc1. The van der Waals surface area contributed by atoms with E-state index >= 15 is 0 Å². The zero-order valence-corrected chi connectivity index (χ0v) is 26.8. The number of nitrogens with one attached hydrogen (secondary N) is 1. The Hall–Kier alpha value is -2.49. The molecular weight excluding hydrogens is 628 g/mol. The van der Waals surface area contributed by atoms with Gasteiger partial charge in [-0.15, -0.1) is 0 Å². The summed E-state index contributed by atoms with van der Waals surface area (Å²) in [6.07, 6.45) is 0.681. The van der Waals surface area contributed by atoms with Gasteiger partial charge in [-0.1, -0.05) is 77.1 Å². The van der Waals surface area contributed by atoms with Crippen molar-refractivity contribution in [1.29, 1.82) is 0 Å². The fraction of sp³-hybridized carbons (Fsp3) is 0.310. The fourth-order valence-electron chi connectivity index (χ4n) is 3.95. The van der Waals surface area contributed by atoms with Crippen LogP contribution in [-0.4, -0.2) is 43.8 Å². The maximum atomic E-state index is 14.0. The number of halogens is 4. The Morgan fingerprint density at radius 2 is 1.46 bits per heavy atom. The van der Waals surface area contributed by atoms with Crippen LogP contribution in [-0.2, 0) is 26.2 Å². The van der Waals surface area contributed by atoms with Crippen LogP contribution in [0.4, 0.5) is 5.69 Å². The first-order chi connectivity index (χ1) is 19.2. The van der Waals surface area contributed by atoms with Gasteiger partial charge in [0.1, 0.15) is 12.6 Å². The normalized spacial score (nSPS) is 12.9. The second-order valence-electron chi connectivity index (χ2n) is 9.67. The molecule has 0 heterocycles. The van der Waals surface area contributed by atoms with Gasteiger partial charge in [0.05, 0.1) is 10.6 Å². The van der Waals surface area contributed by atoms with Crippen LogP contribution in [0.25, 0.3) is 0 Å². The molecule has 3 aromatic carbocycles. The van der Waals surface area contributed by atoms with E-state index in [1.165, 1.54) is 35.2 Å². The van der Waals surface area contributed by atoms with E-state index in [0.29, 0.717) is 22.0 Å². The molecule has 0 fully saturated rings. The van der Waals surface area contributed by atoms with Gasteiger partial charge < -0.3 is 10.2 Å². The summed E-state index contributed by atoms with van der Waals surface area (Å²) in [6.45, 7) is 6.37. The number of benzene rings is 3. The lowest BCUT2D eigenvalue weighted by molar-refractivity contribution is -0.139. The van der Waals surface area contributed by atoms with Crippen LogP contribution >= 0.6 is 46.4 Å². The van der Waals surface area contributed by atoms with Gasteiger partial charge in [0.15, 0.2) is 0 Å². The largest absolute Gasteiger partial charge is 0.352 e. The van der Waals surface area contributed by atoms with E-state index in [2.05, 4.69) is 5.32 Å². The lowest BCUT2D eigenvalue weighted by atomic mass is 10.1.